The average molecular weight is 321 g/mol. The molecule has 0 saturated carbocycles. The normalized spacial score (nSPS) is 17.5. The van der Waals surface area contributed by atoms with Crippen LogP contribution in [0, 0.1) is 5.92 Å². The molecule has 1 aliphatic rings. The summed E-state index contributed by atoms with van der Waals surface area (Å²) in [5.41, 5.74) is 1.49. The van der Waals surface area contributed by atoms with E-state index in [1.807, 2.05) is 0 Å². The highest BCUT2D eigenvalue weighted by atomic mass is 16.5. The Labute approximate surface area is 139 Å². The van der Waals surface area contributed by atoms with Gasteiger partial charge in [0.05, 0.1) is 12.8 Å². The largest absolute Gasteiger partial charge is 0.497 e. The molecule has 2 amide bonds. The third-order valence-corrected chi connectivity index (χ3v) is 3.89. The lowest BCUT2D eigenvalue weighted by Crippen LogP contribution is -2.44. The van der Waals surface area contributed by atoms with E-state index in [9.17, 15) is 14.4 Å². The van der Waals surface area contributed by atoms with E-state index >= 15 is 0 Å². The second kappa shape index (κ2) is 6.50. The van der Waals surface area contributed by atoms with E-state index in [2.05, 4.69) is 0 Å². The number of hydrogen-bond acceptors (Lipinski definition) is 4. The summed E-state index contributed by atoms with van der Waals surface area (Å²) in [5.74, 6) is -1.37. The van der Waals surface area contributed by atoms with Crippen LogP contribution in [-0.2, 0) is 14.4 Å². The molecular formula is C19H15NO4. The molecule has 1 atom stereocenters. The fraction of sp³-hybridized carbons (Fsp3) is 0.105. The Morgan fingerprint density at radius 1 is 1.00 bits per heavy atom. The predicted octanol–water partition coefficient (Wildman–Crippen LogP) is 2.47. The van der Waals surface area contributed by atoms with Gasteiger partial charge in [-0.1, -0.05) is 30.3 Å². The molecule has 0 aromatic heterocycles. The minimum absolute atomic E-state index is 0.398. The third kappa shape index (κ3) is 2.72. The number of nitrogens with zero attached hydrogens (tertiary/aromatic N) is 1. The summed E-state index contributed by atoms with van der Waals surface area (Å²) in [4.78, 5) is 37.7. The number of benzene rings is 2. The van der Waals surface area contributed by atoms with Gasteiger partial charge in [0.15, 0.2) is 0 Å². The smallest absolute Gasteiger partial charge is 0.258 e. The van der Waals surface area contributed by atoms with Gasteiger partial charge in [-0.25, -0.2) is 4.90 Å². The van der Waals surface area contributed by atoms with E-state index in [1.165, 1.54) is 6.08 Å². The lowest BCUT2D eigenvalue weighted by Gasteiger charge is -2.28. The van der Waals surface area contributed by atoms with Gasteiger partial charge in [0.1, 0.15) is 18.0 Å². The summed E-state index contributed by atoms with van der Waals surface area (Å²) in [6, 6.07) is 15.4. The molecule has 0 spiro atoms. The Kier molecular flexibility index (Phi) is 4.24. The molecule has 2 aromatic carbocycles. The van der Waals surface area contributed by atoms with Gasteiger partial charge in [-0.2, -0.15) is 0 Å². The van der Waals surface area contributed by atoms with Gasteiger partial charge in [0.25, 0.3) is 5.91 Å². The molecule has 0 fully saturated rings. The zero-order valence-corrected chi connectivity index (χ0v) is 13.0. The first-order valence-corrected chi connectivity index (χ1v) is 7.40. The Morgan fingerprint density at radius 2 is 1.67 bits per heavy atom. The Morgan fingerprint density at radius 3 is 2.25 bits per heavy atom. The lowest BCUT2D eigenvalue weighted by molar-refractivity contribution is -0.128. The highest BCUT2D eigenvalue weighted by molar-refractivity contribution is 6.30. The van der Waals surface area contributed by atoms with Crippen molar-refractivity contribution in [3.8, 4) is 5.75 Å². The lowest BCUT2D eigenvalue weighted by atomic mass is 9.89. The van der Waals surface area contributed by atoms with E-state index in [0.717, 1.165) is 4.90 Å². The number of rotatable bonds is 4. The van der Waals surface area contributed by atoms with E-state index in [4.69, 9.17) is 4.74 Å². The average Bonchev–Trinajstić information content (AvgIpc) is 2.62. The molecule has 3 rings (SSSR count). The molecule has 24 heavy (non-hydrogen) atoms. The molecule has 5 nitrogen and oxygen atoms in total. The van der Waals surface area contributed by atoms with E-state index in [-0.39, 0.29) is 0 Å². The molecule has 0 saturated heterocycles. The zero-order valence-electron chi connectivity index (χ0n) is 13.0. The number of aldehydes is 1. The third-order valence-electron chi connectivity index (χ3n) is 3.89. The molecule has 1 heterocycles. The number of amides is 2. The second-order valence-corrected chi connectivity index (χ2v) is 5.29. The molecule has 1 unspecified atom stereocenters. The maximum absolute atomic E-state index is 12.7. The highest BCUT2D eigenvalue weighted by Gasteiger charge is 2.37. The molecule has 1 aliphatic heterocycles. The van der Waals surface area contributed by atoms with Gasteiger partial charge in [-0.15, -0.1) is 0 Å². The minimum Gasteiger partial charge on any atom is -0.497 e. The summed E-state index contributed by atoms with van der Waals surface area (Å²) in [6.45, 7) is 0. The molecule has 0 aliphatic carbocycles. The van der Waals surface area contributed by atoms with E-state index < -0.39 is 17.7 Å². The summed E-state index contributed by atoms with van der Waals surface area (Å²) in [5, 5.41) is 0. The number of hydrogen-bond donors (Lipinski definition) is 0. The quantitative estimate of drug-likeness (QED) is 0.493. The first-order valence-electron chi connectivity index (χ1n) is 7.40. The van der Waals surface area contributed by atoms with Crippen LogP contribution in [0.15, 0.2) is 60.7 Å². The summed E-state index contributed by atoms with van der Waals surface area (Å²) >= 11 is 0. The van der Waals surface area contributed by atoms with Crippen LogP contribution in [0.2, 0.25) is 0 Å². The van der Waals surface area contributed by atoms with Crippen LogP contribution < -0.4 is 9.64 Å². The summed E-state index contributed by atoms with van der Waals surface area (Å²) in [6.07, 6.45) is 1.91. The van der Waals surface area contributed by atoms with Gasteiger partial charge < -0.3 is 9.53 Å². The zero-order chi connectivity index (χ0) is 17.1. The maximum Gasteiger partial charge on any atom is 0.258 e. The van der Waals surface area contributed by atoms with Crippen LogP contribution in [0.5, 0.6) is 5.75 Å². The molecule has 0 bridgehead atoms. The Bertz CT molecular complexity index is 809. The van der Waals surface area contributed by atoms with Crippen molar-refractivity contribution in [1.29, 1.82) is 0 Å². The number of para-hydroxylation sites is 1. The molecule has 0 N–H and O–H groups in total. The molecule has 2 aromatic rings. The minimum atomic E-state index is -1.02. The van der Waals surface area contributed by atoms with E-state index in [1.54, 1.807) is 61.7 Å². The molecule has 0 radical (unpaired) electrons. The van der Waals surface area contributed by atoms with Crippen molar-refractivity contribution in [3.63, 3.8) is 0 Å². The number of anilines is 1. The first-order chi connectivity index (χ1) is 11.7. The van der Waals surface area contributed by atoms with Crippen molar-refractivity contribution >= 4 is 29.4 Å². The van der Waals surface area contributed by atoms with Gasteiger partial charge in [-0.3, -0.25) is 9.59 Å². The summed E-state index contributed by atoms with van der Waals surface area (Å²) in [7, 11) is 1.55. The second-order valence-electron chi connectivity index (χ2n) is 5.29. The van der Waals surface area contributed by atoms with Crippen molar-refractivity contribution in [1.82, 2.24) is 0 Å². The van der Waals surface area contributed by atoms with E-state index in [0.29, 0.717) is 28.9 Å². The van der Waals surface area contributed by atoms with Crippen molar-refractivity contribution < 1.29 is 19.1 Å². The number of methoxy groups -OCH3 is 1. The SMILES string of the molecule is COc1ccc(C2=CC(=O)N(c3ccccc3)C(=O)C2C=O)cc1. The van der Waals surface area contributed by atoms with Gasteiger partial charge in [-0.05, 0) is 35.4 Å². The molecule has 5 heteroatoms. The van der Waals surface area contributed by atoms with Crippen LogP contribution in [0.25, 0.3) is 5.57 Å². The number of carbonyl (C=O) groups excluding carboxylic acids is 3. The standard InChI is InChI=1S/C19H15NO4/c1-24-15-9-7-13(8-10-15)16-11-18(22)20(19(23)17(16)12-21)14-5-3-2-4-6-14/h2-12,17H,1H3. The van der Waals surface area contributed by atoms with Crippen LogP contribution in [0.4, 0.5) is 5.69 Å². The van der Waals surface area contributed by atoms with Crippen LogP contribution in [0.3, 0.4) is 0 Å². The Hall–Kier alpha value is -3.21. The van der Waals surface area contributed by atoms with Crippen LogP contribution >= 0.6 is 0 Å². The highest BCUT2D eigenvalue weighted by Crippen LogP contribution is 2.31. The molecule has 120 valence electrons. The maximum atomic E-state index is 12.7. The topological polar surface area (TPSA) is 63.7 Å². The van der Waals surface area contributed by atoms with Crippen LogP contribution in [-0.4, -0.2) is 25.2 Å². The number of ether oxygens (including phenoxy) is 1. The van der Waals surface area contributed by atoms with Gasteiger partial charge in [0.2, 0.25) is 5.91 Å². The van der Waals surface area contributed by atoms with Crippen molar-refractivity contribution in [3.05, 3.63) is 66.2 Å². The monoisotopic (exact) mass is 321 g/mol. The Balaban J connectivity index is 2.03. The number of carbonyl (C=O) groups is 3. The van der Waals surface area contributed by atoms with Gasteiger partial charge in [0, 0.05) is 6.08 Å². The van der Waals surface area contributed by atoms with Crippen molar-refractivity contribution in [2.24, 2.45) is 5.92 Å². The fourth-order valence-corrected chi connectivity index (χ4v) is 2.68. The van der Waals surface area contributed by atoms with Crippen molar-refractivity contribution in [2.45, 2.75) is 0 Å². The molecular weight excluding hydrogens is 306 g/mol. The fourth-order valence-electron chi connectivity index (χ4n) is 2.68. The first kappa shape index (κ1) is 15.7. The number of imide groups is 1. The summed E-state index contributed by atoms with van der Waals surface area (Å²) < 4.78 is 5.10. The predicted molar refractivity (Wildman–Crippen MR) is 89.5 cm³/mol. The van der Waals surface area contributed by atoms with Crippen molar-refractivity contribution in [2.75, 3.05) is 12.0 Å². The van der Waals surface area contributed by atoms with Crippen LogP contribution in [0.1, 0.15) is 5.56 Å². The van der Waals surface area contributed by atoms with Gasteiger partial charge >= 0.3 is 0 Å².